The summed E-state index contributed by atoms with van der Waals surface area (Å²) in [5.41, 5.74) is 1.02. The average molecular weight is 441 g/mol. The minimum Gasteiger partial charge on any atom is -0.481 e. The molecule has 3 aromatic carbocycles. The van der Waals surface area contributed by atoms with Gasteiger partial charge in [-0.15, -0.1) is 0 Å². The number of hydrogen-bond acceptors (Lipinski definition) is 5. The Hall–Kier alpha value is -3.52. The number of anilines is 2. The van der Waals surface area contributed by atoms with Gasteiger partial charge in [-0.3, -0.25) is 9.10 Å². The zero-order valence-corrected chi connectivity index (χ0v) is 18.3. The van der Waals surface area contributed by atoms with Crippen molar-refractivity contribution in [2.24, 2.45) is 0 Å². The van der Waals surface area contributed by atoms with Crippen molar-refractivity contribution in [3.63, 3.8) is 0 Å². The van der Waals surface area contributed by atoms with Crippen molar-refractivity contribution in [1.82, 2.24) is 0 Å². The molecule has 0 radical (unpaired) electrons. The highest BCUT2D eigenvalue weighted by Crippen LogP contribution is 2.29. The first-order valence-electron chi connectivity index (χ1n) is 9.57. The fourth-order valence-corrected chi connectivity index (χ4v) is 3.20. The number of hydrogen-bond donors (Lipinski definition) is 1. The van der Waals surface area contributed by atoms with Crippen LogP contribution >= 0.6 is 0 Å². The number of rotatable bonds is 8. The molecule has 0 aliphatic heterocycles. The molecule has 0 heterocycles. The molecule has 1 amide bonds. The van der Waals surface area contributed by atoms with Crippen molar-refractivity contribution in [2.75, 3.05) is 22.9 Å². The summed E-state index contributed by atoms with van der Waals surface area (Å²) in [6.07, 6.45) is 0.340. The van der Waals surface area contributed by atoms with Crippen LogP contribution in [0.3, 0.4) is 0 Å². The molecule has 1 N–H and O–H groups in total. The van der Waals surface area contributed by atoms with Gasteiger partial charge in [-0.05, 0) is 55.5 Å². The topological polar surface area (TPSA) is 84.9 Å². The van der Waals surface area contributed by atoms with Crippen LogP contribution in [-0.4, -0.2) is 33.7 Å². The van der Waals surface area contributed by atoms with Crippen molar-refractivity contribution in [1.29, 1.82) is 0 Å². The second-order valence-electron chi connectivity index (χ2n) is 6.88. The molecule has 1 atom stereocenters. The van der Waals surface area contributed by atoms with E-state index in [2.05, 4.69) is 5.32 Å². The number of nitrogens with one attached hydrogen (secondary N) is 1. The Labute approximate surface area is 182 Å². The minimum atomic E-state index is -3.35. The predicted octanol–water partition coefficient (Wildman–Crippen LogP) is 4.28. The number of benzene rings is 3. The van der Waals surface area contributed by atoms with E-state index in [1.165, 1.54) is 7.05 Å². The molecule has 0 saturated carbocycles. The van der Waals surface area contributed by atoms with E-state index >= 15 is 0 Å². The number of amides is 1. The van der Waals surface area contributed by atoms with Crippen molar-refractivity contribution in [3.8, 4) is 17.2 Å². The van der Waals surface area contributed by atoms with E-state index in [1.54, 1.807) is 49.4 Å². The zero-order valence-electron chi connectivity index (χ0n) is 17.5. The van der Waals surface area contributed by atoms with Crippen molar-refractivity contribution >= 4 is 27.3 Å². The first-order valence-corrected chi connectivity index (χ1v) is 11.4. The highest BCUT2D eigenvalue weighted by Gasteiger charge is 2.18. The average Bonchev–Trinajstić information content (AvgIpc) is 2.75. The SMILES string of the molecule is CC(Oc1ccc(N(C)S(C)(=O)=O)cc1)C(=O)Nc1ccccc1Oc1ccccc1. The van der Waals surface area contributed by atoms with Gasteiger partial charge in [0.1, 0.15) is 11.5 Å². The van der Waals surface area contributed by atoms with E-state index in [0.717, 1.165) is 10.6 Å². The molecule has 0 aliphatic carbocycles. The van der Waals surface area contributed by atoms with Crippen LogP contribution in [0.2, 0.25) is 0 Å². The van der Waals surface area contributed by atoms with E-state index in [-0.39, 0.29) is 5.91 Å². The van der Waals surface area contributed by atoms with Crippen LogP contribution in [0.15, 0.2) is 78.9 Å². The standard InChI is InChI=1S/C23H24N2O5S/c1-17(29-20-15-13-18(14-16-20)25(2)31(3,27)28)23(26)24-21-11-7-8-12-22(21)30-19-9-5-4-6-10-19/h4-17H,1-3H3,(H,24,26). The van der Waals surface area contributed by atoms with E-state index in [9.17, 15) is 13.2 Å². The van der Waals surface area contributed by atoms with Gasteiger partial charge in [0.25, 0.3) is 5.91 Å². The fourth-order valence-electron chi connectivity index (χ4n) is 2.69. The molecule has 162 valence electrons. The number of carbonyl (C=O) groups excluding carboxylic acids is 1. The lowest BCUT2D eigenvalue weighted by Crippen LogP contribution is -2.30. The molecule has 0 saturated heterocycles. The molecule has 7 nitrogen and oxygen atoms in total. The van der Waals surface area contributed by atoms with Crippen LogP contribution in [0.25, 0.3) is 0 Å². The summed E-state index contributed by atoms with van der Waals surface area (Å²) < 4.78 is 36.0. The highest BCUT2D eigenvalue weighted by atomic mass is 32.2. The van der Waals surface area contributed by atoms with Gasteiger partial charge in [-0.1, -0.05) is 30.3 Å². The third kappa shape index (κ3) is 5.99. The van der Waals surface area contributed by atoms with Gasteiger partial charge in [0.05, 0.1) is 17.6 Å². The number of ether oxygens (including phenoxy) is 2. The largest absolute Gasteiger partial charge is 0.481 e. The second-order valence-corrected chi connectivity index (χ2v) is 8.90. The smallest absolute Gasteiger partial charge is 0.265 e. The third-order valence-corrected chi connectivity index (χ3v) is 5.70. The lowest BCUT2D eigenvalue weighted by atomic mass is 10.2. The highest BCUT2D eigenvalue weighted by molar-refractivity contribution is 7.92. The summed E-state index contributed by atoms with van der Waals surface area (Å²) in [7, 11) is -1.88. The molecule has 8 heteroatoms. The summed E-state index contributed by atoms with van der Waals surface area (Å²) in [6.45, 7) is 1.63. The Balaban J connectivity index is 1.65. The van der Waals surface area contributed by atoms with Gasteiger partial charge in [0.2, 0.25) is 10.0 Å². The second kappa shape index (κ2) is 9.53. The Morgan fingerprint density at radius 1 is 0.903 bits per heavy atom. The van der Waals surface area contributed by atoms with E-state index < -0.39 is 16.1 Å². The van der Waals surface area contributed by atoms with Crippen LogP contribution in [0, 0.1) is 0 Å². The molecule has 3 rings (SSSR count). The first-order chi connectivity index (χ1) is 14.7. The summed E-state index contributed by atoms with van der Waals surface area (Å²) >= 11 is 0. The normalized spacial score (nSPS) is 12.0. The van der Waals surface area contributed by atoms with Crippen LogP contribution in [0.5, 0.6) is 17.2 Å². The lowest BCUT2D eigenvalue weighted by molar-refractivity contribution is -0.122. The number of nitrogens with zero attached hydrogens (tertiary/aromatic N) is 1. The van der Waals surface area contributed by atoms with Crippen LogP contribution in [0.1, 0.15) is 6.92 Å². The third-order valence-electron chi connectivity index (χ3n) is 4.50. The van der Waals surface area contributed by atoms with E-state index in [1.807, 2.05) is 36.4 Å². The van der Waals surface area contributed by atoms with Crippen molar-refractivity contribution in [3.05, 3.63) is 78.9 Å². The Kier molecular flexibility index (Phi) is 6.81. The van der Waals surface area contributed by atoms with Crippen LogP contribution in [-0.2, 0) is 14.8 Å². The van der Waals surface area contributed by atoms with Gasteiger partial charge in [-0.25, -0.2) is 8.42 Å². The van der Waals surface area contributed by atoms with Crippen LogP contribution < -0.4 is 19.1 Å². The minimum absolute atomic E-state index is 0.346. The molecular weight excluding hydrogens is 416 g/mol. The summed E-state index contributed by atoms with van der Waals surface area (Å²) in [4.78, 5) is 12.6. The Morgan fingerprint density at radius 3 is 2.16 bits per heavy atom. The van der Waals surface area contributed by atoms with Gasteiger partial charge in [-0.2, -0.15) is 0 Å². The molecule has 1 unspecified atom stereocenters. The summed E-state index contributed by atoms with van der Waals surface area (Å²) in [5, 5.41) is 2.82. The maximum atomic E-state index is 12.6. The van der Waals surface area contributed by atoms with Gasteiger partial charge < -0.3 is 14.8 Å². The molecule has 31 heavy (non-hydrogen) atoms. The fraction of sp³-hybridized carbons (Fsp3) is 0.174. The van der Waals surface area contributed by atoms with Gasteiger partial charge >= 0.3 is 0 Å². The van der Waals surface area contributed by atoms with Gasteiger partial charge in [0, 0.05) is 7.05 Å². The molecule has 0 aromatic heterocycles. The maximum Gasteiger partial charge on any atom is 0.265 e. The van der Waals surface area contributed by atoms with E-state index in [0.29, 0.717) is 28.6 Å². The Morgan fingerprint density at radius 2 is 1.52 bits per heavy atom. The van der Waals surface area contributed by atoms with Gasteiger partial charge in [0.15, 0.2) is 11.9 Å². The quantitative estimate of drug-likeness (QED) is 0.565. The summed E-state index contributed by atoms with van der Waals surface area (Å²) in [6, 6.07) is 22.9. The lowest BCUT2D eigenvalue weighted by Gasteiger charge is -2.19. The maximum absolute atomic E-state index is 12.6. The Bertz CT molecular complexity index is 1130. The molecule has 0 aliphatic rings. The monoisotopic (exact) mass is 440 g/mol. The molecule has 0 fully saturated rings. The molecule has 0 spiro atoms. The molecular formula is C23H24N2O5S. The number of sulfonamides is 1. The first kappa shape index (κ1) is 22.2. The number of carbonyl (C=O) groups is 1. The zero-order chi connectivity index (χ0) is 22.4. The van der Waals surface area contributed by atoms with Crippen molar-refractivity contribution in [2.45, 2.75) is 13.0 Å². The predicted molar refractivity (Wildman–Crippen MR) is 121 cm³/mol. The number of para-hydroxylation sites is 3. The van der Waals surface area contributed by atoms with Crippen molar-refractivity contribution < 1.29 is 22.7 Å². The molecule has 3 aromatic rings. The molecule has 0 bridgehead atoms. The van der Waals surface area contributed by atoms with Crippen LogP contribution in [0.4, 0.5) is 11.4 Å². The summed E-state index contributed by atoms with van der Waals surface area (Å²) in [5.74, 6) is 1.28. The van der Waals surface area contributed by atoms with E-state index in [4.69, 9.17) is 9.47 Å².